The lowest BCUT2D eigenvalue weighted by molar-refractivity contribution is -0.160. The molecule has 0 amide bonds. The van der Waals surface area contributed by atoms with Crippen LogP contribution in [0.15, 0.2) is 12.2 Å². The van der Waals surface area contributed by atoms with Crippen LogP contribution in [-0.4, -0.2) is 77.9 Å². The van der Waals surface area contributed by atoms with Gasteiger partial charge in [0.15, 0.2) is 5.25 Å². The zero-order valence-electron chi connectivity index (χ0n) is 23.2. The maximum atomic E-state index is 12.1. The van der Waals surface area contributed by atoms with Gasteiger partial charge in [0.05, 0.1) is 25.0 Å². The number of hydrogen-bond acceptors (Lipinski definition) is 9. The van der Waals surface area contributed by atoms with Crippen molar-refractivity contribution in [2.75, 3.05) is 26.4 Å². The van der Waals surface area contributed by atoms with E-state index in [9.17, 15) is 33.0 Å². The highest BCUT2D eigenvalue weighted by molar-refractivity contribution is 7.87. The first-order valence-corrected chi connectivity index (χ1v) is 15.4. The molecule has 12 heteroatoms. The maximum Gasteiger partial charge on any atom is 0.325 e. The second-order valence-corrected chi connectivity index (χ2v) is 11.6. The van der Waals surface area contributed by atoms with Gasteiger partial charge >= 0.3 is 17.9 Å². The molecule has 0 aliphatic rings. The van der Waals surface area contributed by atoms with Crippen molar-refractivity contribution in [1.29, 1.82) is 0 Å². The molecule has 0 radical (unpaired) electrons. The third-order valence-corrected chi connectivity index (χ3v) is 7.47. The lowest BCUT2D eigenvalue weighted by Gasteiger charge is -2.28. The van der Waals surface area contributed by atoms with Crippen LogP contribution in [0.25, 0.3) is 0 Å². The number of aliphatic hydroxyl groups is 2. The summed E-state index contributed by atoms with van der Waals surface area (Å²) in [6, 6.07) is 0. The van der Waals surface area contributed by atoms with Crippen LogP contribution < -0.4 is 0 Å². The van der Waals surface area contributed by atoms with Gasteiger partial charge in [-0.25, -0.2) is 0 Å². The minimum absolute atomic E-state index is 0.152. The summed E-state index contributed by atoms with van der Waals surface area (Å²) in [5, 5.41) is 25.7. The minimum atomic E-state index is -5.04. The molecule has 0 saturated heterocycles. The van der Waals surface area contributed by atoms with E-state index in [1.54, 1.807) is 0 Å². The number of unbranched alkanes of at least 4 members (excludes halogenated alkanes) is 11. The average molecular weight is 581 g/mol. The Morgan fingerprint density at radius 3 is 1.69 bits per heavy atom. The number of aliphatic hydroxyl groups excluding tert-OH is 2. The van der Waals surface area contributed by atoms with E-state index in [0.717, 1.165) is 38.5 Å². The fourth-order valence-electron chi connectivity index (χ4n) is 3.68. The molecule has 0 fully saturated rings. The maximum absolute atomic E-state index is 12.1. The molecular formula is C27H48O11S. The number of ether oxygens (including phenoxy) is 2. The van der Waals surface area contributed by atoms with E-state index in [1.807, 2.05) is 0 Å². The first kappa shape index (κ1) is 37.0. The smallest absolute Gasteiger partial charge is 0.325 e. The lowest BCUT2D eigenvalue weighted by atomic mass is 9.92. The van der Waals surface area contributed by atoms with Gasteiger partial charge in [0.1, 0.15) is 13.2 Å². The van der Waals surface area contributed by atoms with Crippen molar-refractivity contribution in [2.45, 2.75) is 108 Å². The van der Waals surface area contributed by atoms with E-state index in [1.165, 1.54) is 38.5 Å². The van der Waals surface area contributed by atoms with Gasteiger partial charge in [-0.2, -0.15) is 8.42 Å². The summed E-state index contributed by atoms with van der Waals surface area (Å²) in [7, 11) is -5.04. The number of rotatable bonds is 25. The molecule has 0 spiro atoms. The Morgan fingerprint density at radius 2 is 1.23 bits per heavy atom. The topological polar surface area (TPSA) is 185 Å². The molecule has 39 heavy (non-hydrogen) atoms. The Labute approximate surface area is 232 Å². The van der Waals surface area contributed by atoms with Crippen molar-refractivity contribution >= 4 is 28.0 Å². The molecular weight excluding hydrogens is 532 g/mol. The Balaban J connectivity index is 4.11. The molecule has 0 aromatic carbocycles. The SMILES string of the molecule is CCCCCCCCC=CCCCCCCCC(=O)OCC(CO)(CO)COC(=O)CC(C(=O)O)S(=O)(=O)O. The zero-order valence-corrected chi connectivity index (χ0v) is 24.0. The van der Waals surface area contributed by atoms with E-state index in [2.05, 4.69) is 19.1 Å². The molecule has 228 valence electrons. The van der Waals surface area contributed by atoms with Gasteiger partial charge in [-0.05, 0) is 32.1 Å². The number of carbonyl (C=O) groups is 3. The molecule has 0 aromatic rings. The van der Waals surface area contributed by atoms with Crippen LogP contribution in [0.5, 0.6) is 0 Å². The van der Waals surface area contributed by atoms with Crippen LogP contribution in [0.1, 0.15) is 103 Å². The molecule has 11 nitrogen and oxygen atoms in total. The van der Waals surface area contributed by atoms with Gasteiger partial charge < -0.3 is 24.8 Å². The average Bonchev–Trinajstić information content (AvgIpc) is 2.89. The number of esters is 2. The van der Waals surface area contributed by atoms with Gasteiger partial charge in [0, 0.05) is 6.42 Å². The van der Waals surface area contributed by atoms with Crippen LogP contribution in [0, 0.1) is 5.41 Å². The Hall–Kier alpha value is -2.02. The summed E-state index contributed by atoms with van der Waals surface area (Å²) in [6.45, 7) is -0.343. The van der Waals surface area contributed by atoms with Crippen molar-refractivity contribution in [3.8, 4) is 0 Å². The zero-order chi connectivity index (χ0) is 29.6. The molecule has 0 aliphatic heterocycles. The first-order chi connectivity index (χ1) is 18.5. The van der Waals surface area contributed by atoms with Crippen molar-refractivity contribution in [3.63, 3.8) is 0 Å². The quantitative estimate of drug-likeness (QED) is 0.0532. The van der Waals surface area contributed by atoms with E-state index in [4.69, 9.17) is 19.1 Å². The fraction of sp³-hybridized carbons (Fsp3) is 0.815. The number of allylic oxidation sites excluding steroid dienone is 2. The highest BCUT2D eigenvalue weighted by Crippen LogP contribution is 2.19. The van der Waals surface area contributed by atoms with Crippen LogP contribution in [0.2, 0.25) is 0 Å². The van der Waals surface area contributed by atoms with Crippen molar-refractivity contribution < 1.29 is 52.1 Å². The second-order valence-electron chi connectivity index (χ2n) is 10.0. The van der Waals surface area contributed by atoms with Gasteiger partial charge in [-0.15, -0.1) is 0 Å². The predicted octanol–water partition coefficient (Wildman–Crippen LogP) is 3.81. The third-order valence-electron chi connectivity index (χ3n) is 6.38. The summed E-state index contributed by atoms with van der Waals surface area (Å²) in [6.07, 6.45) is 18.2. The molecule has 0 saturated carbocycles. The minimum Gasteiger partial charge on any atom is -0.480 e. The molecule has 4 N–H and O–H groups in total. The summed E-state index contributed by atoms with van der Waals surface area (Å²) in [4.78, 5) is 34.9. The van der Waals surface area contributed by atoms with Gasteiger partial charge in [0.2, 0.25) is 0 Å². The first-order valence-electron chi connectivity index (χ1n) is 13.9. The van der Waals surface area contributed by atoms with Crippen molar-refractivity contribution in [3.05, 3.63) is 12.2 Å². The number of aliphatic carboxylic acids is 1. The summed E-state index contributed by atoms with van der Waals surface area (Å²) >= 11 is 0. The summed E-state index contributed by atoms with van der Waals surface area (Å²) in [5.74, 6) is -3.76. The predicted molar refractivity (Wildman–Crippen MR) is 146 cm³/mol. The van der Waals surface area contributed by atoms with E-state index in [-0.39, 0.29) is 6.42 Å². The molecule has 1 unspecified atom stereocenters. The van der Waals surface area contributed by atoms with Crippen molar-refractivity contribution in [2.24, 2.45) is 5.41 Å². The number of carboxylic acids is 1. The molecule has 0 aliphatic carbocycles. The normalized spacial score (nSPS) is 12.9. The van der Waals surface area contributed by atoms with Gasteiger partial charge in [0.25, 0.3) is 10.1 Å². The largest absolute Gasteiger partial charge is 0.480 e. The van der Waals surface area contributed by atoms with Gasteiger partial charge in [-0.3, -0.25) is 18.9 Å². The van der Waals surface area contributed by atoms with Crippen molar-refractivity contribution in [1.82, 2.24) is 0 Å². The summed E-state index contributed by atoms with van der Waals surface area (Å²) in [5.41, 5.74) is -1.55. The molecule has 0 bridgehead atoms. The van der Waals surface area contributed by atoms with Crippen LogP contribution >= 0.6 is 0 Å². The van der Waals surface area contributed by atoms with Crippen LogP contribution in [0.3, 0.4) is 0 Å². The highest BCUT2D eigenvalue weighted by Gasteiger charge is 2.36. The molecule has 0 heterocycles. The van der Waals surface area contributed by atoms with Gasteiger partial charge in [-0.1, -0.05) is 70.4 Å². The standard InChI is InChI=1S/C27H48O11S/c1-2-3-4-5-6-7-8-9-10-11-12-13-14-15-16-17-24(30)37-21-27(19-28,20-29)22-38-25(31)18-23(26(32)33)39(34,35)36/h9-10,23,28-29H,2-8,11-22H2,1H3,(H,32,33)(H,34,35,36). The van der Waals surface area contributed by atoms with E-state index >= 15 is 0 Å². The third kappa shape index (κ3) is 18.8. The molecule has 0 aromatic heterocycles. The van der Waals surface area contributed by atoms with Crippen LogP contribution in [0.4, 0.5) is 0 Å². The van der Waals surface area contributed by atoms with E-state index < -0.39 is 71.5 Å². The fourth-order valence-corrected chi connectivity index (χ4v) is 4.29. The highest BCUT2D eigenvalue weighted by atomic mass is 32.2. The number of carbonyl (C=O) groups excluding carboxylic acids is 2. The molecule has 0 rings (SSSR count). The monoisotopic (exact) mass is 580 g/mol. The number of hydrogen-bond donors (Lipinski definition) is 4. The lowest BCUT2D eigenvalue weighted by Crippen LogP contribution is -2.41. The van der Waals surface area contributed by atoms with Crippen LogP contribution in [-0.2, 0) is 34.0 Å². The molecule has 1 atom stereocenters. The second kappa shape index (κ2) is 21.8. The summed E-state index contributed by atoms with van der Waals surface area (Å²) < 4.78 is 41.0. The van der Waals surface area contributed by atoms with E-state index in [0.29, 0.717) is 6.42 Å². The Kier molecular flexibility index (Phi) is 20.6. The Bertz CT molecular complexity index is 820. The number of carboxylic acid groups (broad SMARTS) is 1. The Morgan fingerprint density at radius 1 is 0.769 bits per heavy atom.